The van der Waals surface area contributed by atoms with Crippen LogP contribution in [0.3, 0.4) is 0 Å². The molecule has 0 aliphatic rings. The van der Waals surface area contributed by atoms with Crippen molar-refractivity contribution in [3.05, 3.63) is 47.7 Å². The Hall–Kier alpha value is -2.08. The van der Waals surface area contributed by atoms with Crippen LogP contribution in [0, 0.1) is 0 Å². The molecule has 100 valence electrons. The maximum absolute atomic E-state index is 12.4. The van der Waals surface area contributed by atoms with Crippen molar-refractivity contribution in [2.75, 3.05) is 5.73 Å². The van der Waals surface area contributed by atoms with Crippen molar-refractivity contribution in [2.45, 2.75) is 12.8 Å². The van der Waals surface area contributed by atoms with E-state index in [0.717, 1.165) is 12.1 Å². The standard InChI is InChI=1S/C13H11F3N2O/c14-13(15,16)10-3-1-9(2-4-10)11-5-8(7-19)6-18-12(11)17/h1-6,19H,7H2,(H2,17,18). The van der Waals surface area contributed by atoms with E-state index in [-0.39, 0.29) is 12.4 Å². The zero-order valence-electron chi connectivity index (χ0n) is 9.78. The number of nitrogen functional groups attached to an aromatic ring is 1. The molecule has 0 bridgehead atoms. The number of benzene rings is 1. The van der Waals surface area contributed by atoms with Gasteiger partial charge in [-0.05, 0) is 29.3 Å². The molecule has 1 heterocycles. The number of anilines is 1. The van der Waals surface area contributed by atoms with Crippen molar-refractivity contribution < 1.29 is 18.3 Å². The third kappa shape index (κ3) is 2.85. The van der Waals surface area contributed by atoms with Gasteiger partial charge in [-0.3, -0.25) is 0 Å². The summed E-state index contributed by atoms with van der Waals surface area (Å²) in [5.41, 5.74) is 6.53. The molecular weight excluding hydrogens is 257 g/mol. The fourth-order valence-electron chi connectivity index (χ4n) is 1.68. The quantitative estimate of drug-likeness (QED) is 0.880. The Morgan fingerprint density at radius 1 is 1.16 bits per heavy atom. The Bertz CT molecular complexity index is 579. The van der Waals surface area contributed by atoms with E-state index >= 15 is 0 Å². The van der Waals surface area contributed by atoms with E-state index in [0.29, 0.717) is 16.7 Å². The SMILES string of the molecule is Nc1ncc(CO)cc1-c1ccc(C(F)(F)F)cc1. The molecule has 3 N–H and O–H groups in total. The number of hydrogen-bond donors (Lipinski definition) is 2. The van der Waals surface area contributed by atoms with Crippen molar-refractivity contribution >= 4 is 5.82 Å². The average molecular weight is 268 g/mol. The summed E-state index contributed by atoms with van der Waals surface area (Å²) in [5, 5.41) is 9.02. The highest BCUT2D eigenvalue weighted by Gasteiger charge is 2.30. The number of aromatic nitrogens is 1. The first-order valence-corrected chi connectivity index (χ1v) is 5.44. The monoisotopic (exact) mass is 268 g/mol. The van der Waals surface area contributed by atoms with Gasteiger partial charge < -0.3 is 10.8 Å². The van der Waals surface area contributed by atoms with Crippen molar-refractivity contribution in [3.63, 3.8) is 0 Å². The van der Waals surface area contributed by atoms with Crippen LogP contribution in [-0.4, -0.2) is 10.1 Å². The summed E-state index contributed by atoms with van der Waals surface area (Å²) < 4.78 is 37.3. The number of halogens is 3. The van der Waals surface area contributed by atoms with Gasteiger partial charge in [-0.2, -0.15) is 13.2 Å². The minimum Gasteiger partial charge on any atom is -0.392 e. The second-order valence-electron chi connectivity index (χ2n) is 4.01. The van der Waals surface area contributed by atoms with E-state index in [1.54, 1.807) is 6.07 Å². The lowest BCUT2D eigenvalue weighted by molar-refractivity contribution is -0.137. The van der Waals surface area contributed by atoms with Crippen molar-refractivity contribution in [1.29, 1.82) is 0 Å². The minimum absolute atomic E-state index is 0.206. The molecule has 0 aliphatic heterocycles. The van der Waals surface area contributed by atoms with Gasteiger partial charge in [-0.1, -0.05) is 12.1 Å². The van der Waals surface area contributed by atoms with Gasteiger partial charge in [-0.15, -0.1) is 0 Å². The molecule has 1 aromatic carbocycles. The fraction of sp³-hybridized carbons (Fsp3) is 0.154. The number of rotatable bonds is 2. The fourth-order valence-corrected chi connectivity index (χ4v) is 1.68. The second kappa shape index (κ2) is 4.89. The van der Waals surface area contributed by atoms with Crippen molar-refractivity contribution in [3.8, 4) is 11.1 Å². The number of alkyl halides is 3. The molecule has 0 aliphatic carbocycles. The minimum atomic E-state index is -4.37. The molecule has 0 saturated carbocycles. The van der Waals surface area contributed by atoms with Gasteiger partial charge in [0.25, 0.3) is 0 Å². The molecule has 0 amide bonds. The van der Waals surface area contributed by atoms with Crippen molar-refractivity contribution in [2.24, 2.45) is 0 Å². The van der Waals surface area contributed by atoms with E-state index in [1.807, 2.05) is 0 Å². The molecule has 0 fully saturated rings. The second-order valence-corrected chi connectivity index (χ2v) is 4.01. The van der Waals surface area contributed by atoms with Crippen LogP contribution in [0.15, 0.2) is 36.5 Å². The summed E-state index contributed by atoms with van der Waals surface area (Å²) in [4.78, 5) is 3.89. The molecule has 0 unspecified atom stereocenters. The number of aliphatic hydroxyl groups excluding tert-OH is 1. The smallest absolute Gasteiger partial charge is 0.392 e. The van der Waals surface area contributed by atoms with Gasteiger partial charge in [0.2, 0.25) is 0 Å². The molecule has 0 atom stereocenters. The zero-order chi connectivity index (χ0) is 14.0. The number of hydrogen-bond acceptors (Lipinski definition) is 3. The van der Waals surface area contributed by atoms with E-state index < -0.39 is 11.7 Å². The molecule has 0 saturated heterocycles. The predicted octanol–water partition coefficient (Wildman–Crippen LogP) is 2.84. The van der Waals surface area contributed by atoms with Gasteiger partial charge in [0.1, 0.15) is 5.82 Å². The predicted molar refractivity (Wildman–Crippen MR) is 65.0 cm³/mol. The Morgan fingerprint density at radius 3 is 2.32 bits per heavy atom. The molecule has 1 aromatic heterocycles. The largest absolute Gasteiger partial charge is 0.416 e. The summed E-state index contributed by atoms with van der Waals surface area (Å²) in [6.45, 7) is -0.207. The summed E-state index contributed by atoms with van der Waals surface area (Å²) in [7, 11) is 0. The Kier molecular flexibility index (Phi) is 3.44. The molecular formula is C13H11F3N2O. The number of nitrogens with zero attached hydrogens (tertiary/aromatic N) is 1. The van der Waals surface area contributed by atoms with E-state index in [1.165, 1.54) is 18.3 Å². The normalized spacial score (nSPS) is 11.6. The maximum atomic E-state index is 12.4. The Balaban J connectivity index is 2.42. The molecule has 0 radical (unpaired) electrons. The number of pyridine rings is 1. The van der Waals surface area contributed by atoms with Gasteiger partial charge in [0.15, 0.2) is 0 Å². The summed E-state index contributed by atoms with van der Waals surface area (Å²) >= 11 is 0. The zero-order valence-corrected chi connectivity index (χ0v) is 9.78. The topological polar surface area (TPSA) is 59.1 Å². The third-order valence-corrected chi connectivity index (χ3v) is 2.68. The first-order valence-electron chi connectivity index (χ1n) is 5.44. The molecule has 2 aromatic rings. The first-order chi connectivity index (χ1) is 8.91. The van der Waals surface area contributed by atoms with E-state index in [2.05, 4.69) is 4.98 Å². The lowest BCUT2D eigenvalue weighted by atomic mass is 10.0. The van der Waals surface area contributed by atoms with Crippen LogP contribution in [-0.2, 0) is 12.8 Å². The lowest BCUT2D eigenvalue weighted by Gasteiger charge is -2.09. The van der Waals surface area contributed by atoms with Crippen LogP contribution in [0.5, 0.6) is 0 Å². The van der Waals surface area contributed by atoms with Crippen LogP contribution < -0.4 is 5.73 Å². The van der Waals surface area contributed by atoms with Crippen molar-refractivity contribution in [1.82, 2.24) is 4.98 Å². The van der Waals surface area contributed by atoms with Crippen LogP contribution >= 0.6 is 0 Å². The summed E-state index contributed by atoms with van der Waals surface area (Å²) in [5.74, 6) is 0.206. The summed E-state index contributed by atoms with van der Waals surface area (Å²) in [6, 6.07) is 6.24. The molecule has 6 heteroatoms. The van der Waals surface area contributed by atoms with Crippen LogP contribution in [0.4, 0.5) is 19.0 Å². The van der Waals surface area contributed by atoms with Crippen LogP contribution in [0.2, 0.25) is 0 Å². The summed E-state index contributed by atoms with van der Waals surface area (Å²) in [6.07, 6.45) is -2.95. The first kappa shape index (κ1) is 13.4. The van der Waals surface area contributed by atoms with Gasteiger partial charge >= 0.3 is 6.18 Å². The number of aliphatic hydroxyl groups is 1. The average Bonchev–Trinajstić information content (AvgIpc) is 2.38. The van der Waals surface area contributed by atoms with Gasteiger partial charge in [0, 0.05) is 11.8 Å². The highest BCUT2D eigenvalue weighted by Crippen LogP contribution is 2.32. The van der Waals surface area contributed by atoms with Gasteiger partial charge in [0.05, 0.1) is 12.2 Å². The molecule has 0 spiro atoms. The van der Waals surface area contributed by atoms with Crippen LogP contribution in [0.25, 0.3) is 11.1 Å². The lowest BCUT2D eigenvalue weighted by Crippen LogP contribution is -2.04. The molecule has 3 nitrogen and oxygen atoms in total. The molecule has 19 heavy (non-hydrogen) atoms. The van der Waals surface area contributed by atoms with E-state index in [9.17, 15) is 13.2 Å². The van der Waals surface area contributed by atoms with E-state index in [4.69, 9.17) is 10.8 Å². The highest BCUT2D eigenvalue weighted by molar-refractivity contribution is 5.74. The van der Waals surface area contributed by atoms with Gasteiger partial charge in [-0.25, -0.2) is 4.98 Å². The maximum Gasteiger partial charge on any atom is 0.416 e. The third-order valence-electron chi connectivity index (χ3n) is 2.68. The Labute approximate surface area is 107 Å². The van der Waals surface area contributed by atoms with Crippen LogP contribution in [0.1, 0.15) is 11.1 Å². The molecule has 2 rings (SSSR count). The Morgan fingerprint density at radius 2 is 1.79 bits per heavy atom. The highest BCUT2D eigenvalue weighted by atomic mass is 19.4. The number of nitrogens with two attached hydrogens (primary N) is 1.